The fourth-order valence-corrected chi connectivity index (χ4v) is 3.41. The number of rotatable bonds is 6. The van der Waals surface area contributed by atoms with E-state index in [2.05, 4.69) is 15.5 Å². The van der Waals surface area contributed by atoms with Gasteiger partial charge in [0.15, 0.2) is 0 Å². The lowest BCUT2D eigenvalue weighted by molar-refractivity contribution is -0.384. The summed E-state index contributed by atoms with van der Waals surface area (Å²) in [6, 6.07) is 25.4. The van der Waals surface area contributed by atoms with E-state index in [4.69, 9.17) is 11.6 Å². The lowest BCUT2D eigenvalue weighted by Gasteiger charge is -2.03. The number of carbonyl (C=O) groups excluding carboxylic acids is 1. The van der Waals surface area contributed by atoms with E-state index in [0.29, 0.717) is 11.3 Å². The fourth-order valence-electron chi connectivity index (χ4n) is 3.22. The molecule has 0 saturated heterocycles. The first kappa shape index (κ1) is 21.0. The van der Waals surface area contributed by atoms with Crippen LogP contribution in [-0.4, -0.2) is 22.0 Å². The van der Waals surface area contributed by atoms with Crippen molar-refractivity contribution >= 4 is 29.4 Å². The number of aromatic nitrogens is 1. The summed E-state index contributed by atoms with van der Waals surface area (Å²) in [7, 11) is 0. The highest BCUT2D eigenvalue weighted by atomic mass is 35.5. The highest BCUT2D eigenvalue weighted by Crippen LogP contribution is 2.30. The van der Waals surface area contributed by atoms with Gasteiger partial charge in [-0.05, 0) is 23.3 Å². The van der Waals surface area contributed by atoms with E-state index < -0.39 is 10.8 Å². The Morgan fingerprint density at radius 1 is 0.969 bits per heavy atom. The molecule has 0 unspecified atom stereocenters. The number of amides is 1. The molecule has 0 aliphatic carbocycles. The molecule has 0 aliphatic rings. The predicted octanol–water partition coefficient (Wildman–Crippen LogP) is 5.67. The number of hydrogen-bond donors (Lipinski definition) is 2. The average Bonchev–Trinajstić information content (AvgIpc) is 3.27. The maximum Gasteiger partial charge on any atom is 0.288 e. The van der Waals surface area contributed by atoms with Gasteiger partial charge in [-0.3, -0.25) is 14.9 Å². The average molecular weight is 445 g/mol. The summed E-state index contributed by atoms with van der Waals surface area (Å²) in [6.45, 7) is 0. The molecule has 0 atom stereocenters. The van der Waals surface area contributed by atoms with Crippen LogP contribution in [0.5, 0.6) is 0 Å². The molecule has 4 aromatic rings. The first-order valence-electron chi connectivity index (χ1n) is 9.64. The molecule has 3 aromatic carbocycles. The Kier molecular flexibility index (Phi) is 6.10. The first-order valence-corrected chi connectivity index (χ1v) is 10.0. The van der Waals surface area contributed by atoms with Gasteiger partial charge < -0.3 is 4.98 Å². The molecule has 8 heteroatoms. The quantitative estimate of drug-likeness (QED) is 0.227. The van der Waals surface area contributed by atoms with Crippen molar-refractivity contribution in [2.75, 3.05) is 0 Å². The number of nitrogens with zero attached hydrogens (tertiary/aromatic N) is 2. The van der Waals surface area contributed by atoms with Crippen LogP contribution in [0.25, 0.3) is 22.4 Å². The van der Waals surface area contributed by atoms with Gasteiger partial charge in [0.25, 0.3) is 11.6 Å². The van der Waals surface area contributed by atoms with Gasteiger partial charge in [-0.2, -0.15) is 5.10 Å². The zero-order chi connectivity index (χ0) is 22.5. The number of aromatic amines is 1. The molecule has 0 bridgehead atoms. The number of hydrogen-bond acceptors (Lipinski definition) is 4. The summed E-state index contributed by atoms with van der Waals surface area (Å²) in [5, 5.41) is 15.0. The fraction of sp³-hybridized carbons (Fsp3) is 0. The number of halogens is 1. The SMILES string of the molecule is O=C(N/N=C\c1ccc(Cl)c([N+](=O)[O-])c1)c1[nH]c(-c2ccccc2)cc1-c1ccccc1. The third kappa shape index (κ3) is 4.58. The van der Waals surface area contributed by atoms with Crippen LogP contribution in [0, 0.1) is 10.1 Å². The van der Waals surface area contributed by atoms with Crippen molar-refractivity contribution in [3.63, 3.8) is 0 Å². The van der Waals surface area contributed by atoms with E-state index in [1.807, 2.05) is 66.7 Å². The van der Waals surface area contributed by atoms with Gasteiger partial charge in [-0.1, -0.05) is 78.3 Å². The highest BCUT2D eigenvalue weighted by Gasteiger charge is 2.17. The Hall–Kier alpha value is -4.23. The van der Waals surface area contributed by atoms with Crippen LogP contribution >= 0.6 is 11.6 Å². The molecular formula is C24H17ClN4O3. The van der Waals surface area contributed by atoms with Crippen molar-refractivity contribution in [1.82, 2.24) is 10.4 Å². The highest BCUT2D eigenvalue weighted by molar-refractivity contribution is 6.32. The zero-order valence-electron chi connectivity index (χ0n) is 16.7. The monoisotopic (exact) mass is 444 g/mol. The van der Waals surface area contributed by atoms with Crippen molar-refractivity contribution in [3.05, 3.63) is 111 Å². The molecular weight excluding hydrogens is 428 g/mol. The molecule has 0 fully saturated rings. The van der Waals surface area contributed by atoms with Crippen LogP contribution in [0.1, 0.15) is 16.1 Å². The van der Waals surface area contributed by atoms with E-state index in [1.54, 1.807) is 6.07 Å². The Morgan fingerprint density at radius 3 is 2.28 bits per heavy atom. The summed E-state index contributed by atoms with van der Waals surface area (Å²) >= 11 is 5.82. The molecule has 32 heavy (non-hydrogen) atoms. The van der Waals surface area contributed by atoms with E-state index in [-0.39, 0.29) is 10.7 Å². The van der Waals surface area contributed by atoms with Crippen LogP contribution in [0.4, 0.5) is 5.69 Å². The molecule has 1 heterocycles. The molecule has 1 amide bonds. The number of hydrazone groups is 1. The van der Waals surface area contributed by atoms with Crippen molar-refractivity contribution < 1.29 is 9.72 Å². The minimum atomic E-state index is -0.575. The normalized spacial score (nSPS) is 10.9. The maximum atomic E-state index is 12.9. The van der Waals surface area contributed by atoms with Gasteiger partial charge >= 0.3 is 0 Å². The van der Waals surface area contributed by atoms with Crippen molar-refractivity contribution in [2.24, 2.45) is 5.10 Å². The second kappa shape index (κ2) is 9.28. The Morgan fingerprint density at radius 2 is 1.62 bits per heavy atom. The largest absolute Gasteiger partial charge is 0.350 e. The standard InChI is InChI=1S/C24H17ClN4O3/c25-20-12-11-16(13-22(20)29(31)32)15-26-28-24(30)23-19(17-7-3-1-4-8-17)14-21(27-23)18-9-5-2-6-10-18/h1-15,27H,(H,28,30)/b26-15-. The molecule has 1 aromatic heterocycles. The molecule has 0 spiro atoms. The summed E-state index contributed by atoms with van der Waals surface area (Å²) < 4.78 is 0. The predicted molar refractivity (Wildman–Crippen MR) is 125 cm³/mol. The van der Waals surface area contributed by atoms with Gasteiger partial charge in [0.2, 0.25) is 0 Å². The third-order valence-electron chi connectivity index (χ3n) is 4.76. The number of carbonyl (C=O) groups is 1. The molecule has 0 saturated carbocycles. The molecule has 158 valence electrons. The molecule has 0 radical (unpaired) electrons. The number of nitrogens with one attached hydrogen (secondary N) is 2. The van der Waals surface area contributed by atoms with E-state index in [9.17, 15) is 14.9 Å². The molecule has 4 rings (SSSR count). The maximum absolute atomic E-state index is 12.9. The second-order valence-corrected chi connectivity index (χ2v) is 7.28. The van der Waals surface area contributed by atoms with Gasteiger partial charge in [-0.25, -0.2) is 5.43 Å². The van der Waals surface area contributed by atoms with Crippen LogP contribution in [0.2, 0.25) is 5.02 Å². The van der Waals surface area contributed by atoms with E-state index in [0.717, 1.165) is 22.4 Å². The topological polar surface area (TPSA) is 100 Å². The van der Waals surface area contributed by atoms with Gasteiger partial charge in [-0.15, -0.1) is 0 Å². The Labute approximate surface area is 188 Å². The zero-order valence-corrected chi connectivity index (χ0v) is 17.4. The van der Waals surface area contributed by atoms with Crippen molar-refractivity contribution in [2.45, 2.75) is 0 Å². The van der Waals surface area contributed by atoms with Crippen LogP contribution in [0.15, 0.2) is 90.0 Å². The van der Waals surface area contributed by atoms with Crippen LogP contribution in [0.3, 0.4) is 0 Å². The van der Waals surface area contributed by atoms with Gasteiger partial charge in [0.1, 0.15) is 10.7 Å². The summed E-state index contributed by atoms with van der Waals surface area (Å²) in [6.07, 6.45) is 1.32. The number of nitro benzene ring substituents is 1. The smallest absolute Gasteiger partial charge is 0.288 e. The minimum absolute atomic E-state index is 0.0310. The summed E-state index contributed by atoms with van der Waals surface area (Å²) in [5.74, 6) is -0.439. The van der Waals surface area contributed by atoms with Crippen molar-refractivity contribution in [1.29, 1.82) is 0 Å². The summed E-state index contributed by atoms with van der Waals surface area (Å²) in [4.78, 5) is 26.6. The Bertz CT molecular complexity index is 1300. The third-order valence-corrected chi connectivity index (χ3v) is 5.08. The number of H-pyrrole nitrogens is 1. The first-order chi connectivity index (χ1) is 15.5. The van der Waals surface area contributed by atoms with Crippen LogP contribution < -0.4 is 5.43 Å². The minimum Gasteiger partial charge on any atom is -0.350 e. The number of benzene rings is 3. The number of nitro groups is 1. The lowest BCUT2D eigenvalue weighted by atomic mass is 10.0. The molecule has 7 nitrogen and oxygen atoms in total. The van der Waals surface area contributed by atoms with Gasteiger partial charge in [0, 0.05) is 22.9 Å². The lowest BCUT2D eigenvalue weighted by Crippen LogP contribution is -2.19. The van der Waals surface area contributed by atoms with Crippen LogP contribution in [-0.2, 0) is 0 Å². The van der Waals surface area contributed by atoms with E-state index >= 15 is 0 Å². The second-order valence-electron chi connectivity index (χ2n) is 6.87. The summed E-state index contributed by atoms with van der Waals surface area (Å²) in [5.41, 5.74) is 6.40. The molecule has 0 aliphatic heterocycles. The molecule has 2 N–H and O–H groups in total. The van der Waals surface area contributed by atoms with Crippen molar-refractivity contribution in [3.8, 4) is 22.4 Å². The van der Waals surface area contributed by atoms with E-state index in [1.165, 1.54) is 18.3 Å². The van der Waals surface area contributed by atoms with Gasteiger partial charge in [0.05, 0.1) is 11.1 Å². The Balaban J connectivity index is 1.62.